The molecule has 0 saturated heterocycles. The van der Waals surface area contributed by atoms with E-state index in [0.29, 0.717) is 30.0 Å². The van der Waals surface area contributed by atoms with Crippen LogP contribution in [0.1, 0.15) is 71.6 Å². The molecule has 0 bridgehead atoms. The lowest BCUT2D eigenvalue weighted by molar-refractivity contribution is -0.162. The van der Waals surface area contributed by atoms with E-state index in [4.69, 9.17) is 0 Å². The molecular weight excluding hydrogens is 288 g/mol. The van der Waals surface area contributed by atoms with Crippen molar-refractivity contribution < 1.29 is 15.0 Å². The van der Waals surface area contributed by atoms with Crippen molar-refractivity contribution in [1.29, 1.82) is 0 Å². The van der Waals surface area contributed by atoms with Crippen molar-refractivity contribution >= 4 is 5.78 Å². The lowest BCUT2D eigenvalue weighted by atomic mass is 9.52. The third-order valence-electron chi connectivity index (χ3n) is 8.11. The third kappa shape index (κ3) is 2.05. The second kappa shape index (κ2) is 5.16. The molecule has 0 aromatic carbocycles. The van der Waals surface area contributed by atoms with Gasteiger partial charge in [-0.2, -0.15) is 0 Å². The molecule has 0 amide bonds. The summed E-state index contributed by atoms with van der Waals surface area (Å²) in [6.07, 6.45) is 7.94. The van der Waals surface area contributed by atoms with Crippen LogP contribution in [-0.4, -0.2) is 27.7 Å². The van der Waals surface area contributed by atoms with Crippen molar-refractivity contribution in [3.8, 4) is 0 Å². The molecule has 0 aliphatic heterocycles. The zero-order valence-corrected chi connectivity index (χ0v) is 14.5. The summed E-state index contributed by atoms with van der Waals surface area (Å²) in [6, 6.07) is 0. The van der Waals surface area contributed by atoms with Crippen LogP contribution in [0.2, 0.25) is 0 Å². The van der Waals surface area contributed by atoms with E-state index < -0.39 is 11.7 Å². The van der Waals surface area contributed by atoms with Crippen LogP contribution in [0.15, 0.2) is 11.1 Å². The molecule has 2 fully saturated rings. The molecular formula is C20H30O3. The number of Topliss-reactive ketones (excluding diaryl/α,β-unsaturated/α-hetero) is 1. The molecule has 0 aromatic heterocycles. The SMILES string of the molecule is C[C@H](O)[C@@]1(O)CC[C@H]2[C@@H]3CCC4=C(CCC(=O)C4)[C@H]3CC[C@@]21C. The first-order valence-corrected chi connectivity index (χ1v) is 9.50. The minimum atomic E-state index is -0.917. The topological polar surface area (TPSA) is 57.5 Å². The number of hydrogen-bond donors (Lipinski definition) is 2. The molecule has 6 atom stereocenters. The molecule has 2 N–H and O–H groups in total. The summed E-state index contributed by atoms with van der Waals surface area (Å²) in [4.78, 5) is 11.8. The van der Waals surface area contributed by atoms with Crippen LogP contribution < -0.4 is 0 Å². The second-order valence-electron chi connectivity index (χ2n) is 8.85. The zero-order chi connectivity index (χ0) is 16.4. The molecule has 2 saturated carbocycles. The first kappa shape index (κ1) is 15.8. The number of carbonyl (C=O) groups excluding carboxylic acids is 1. The number of fused-ring (bicyclic) bond motifs is 4. The minimum Gasteiger partial charge on any atom is -0.390 e. The maximum Gasteiger partial charge on any atom is 0.137 e. The van der Waals surface area contributed by atoms with E-state index >= 15 is 0 Å². The Balaban J connectivity index is 1.65. The van der Waals surface area contributed by atoms with Crippen molar-refractivity contribution in [2.75, 3.05) is 0 Å². The van der Waals surface area contributed by atoms with E-state index in [-0.39, 0.29) is 5.41 Å². The quantitative estimate of drug-likeness (QED) is 0.729. The number of rotatable bonds is 1. The van der Waals surface area contributed by atoms with Gasteiger partial charge in [0.15, 0.2) is 0 Å². The number of aliphatic hydroxyl groups is 2. The van der Waals surface area contributed by atoms with Crippen LogP contribution in [0.3, 0.4) is 0 Å². The van der Waals surface area contributed by atoms with Crippen molar-refractivity contribution in [3.63, 3.8) is 0 Å². The normalized spacial score (nSPS) is 47.8. The van der Waals surface area contributed by atoms with Crippen LogP contribution >= 0.6 is 0 Å². The maximum atomic E-state index is 11.8. The number of allylic oxidation sites excluding steroid dienone is 2. The monoisotopic (exact) mass is 318 g/mol. The van der Waals surface area contributed by atoms with Crippen molar-refractivity contribution in [1.82, 2.24) is 0 Å². The summed E-state index contributed by atoms with van der Waals surface area (Å²) in [6.45, 7) is 3.98. The highest BCUT2D eigenvalue weighted by atomic mass is 16.3. The van der Waals surface area contributed by atoms with Gasteiger partial charge < -0.3 is 10.2 Å². The Kier molecular flexibility index (Phi) is 3.55. The predicted octanol–water partition coefficient (Wildman–Crippen LogP) is 3.38. The van der Waals surface area contributed by atoms with Gasteiger partial charge >= 0.3 is 0 Å². The summed E-state index contributed by atoms with van der Waals surface area (Å²) in [5.41, 5.74) is 2.00. The van der Waals surface area contributed by atoms with E-state index in [1.54, 1.807) is 12.5 Å². The molecule has 4 aliphatic rings. The third-order valence-corrected chi connectivity index (χ3v) is 8.11. The molecule has 0 spiro atoms. The summed E-state index contributed by atoms with van der Waals surface area (Å²) in [5.74, 6) is 2.23. The van der Waals surface area contributed by atoms with Crippen molar-refractivity contribution in [2.45, 2.75) is 83.3 Å². The number of aliphatic hydroxyl groups excluding tert-OH is 1. The summed E-state index contributed by atoms with van der Waals surface area (Å²) in [7, 11) is 0. The number of ketones is 1. The first-order chi connectivity index (χ1) is 10.9. The Labute approximate surface area is 139 Å². The van der Waals surface area contributed by atoms with Crippen LogP contribution in [0.25, 0.3) is 0 Å². The summed E-state index contributed by atoms with van der Waals surface area (Å²) in [5, 5.41) is 21.4. The Hall–Kier alpha value is -0.670. The molecule has 0 radical (unpaired) electrons. The molecule has 23 heavy (non-hydrogen) atoms. The molecule has 128 valence electrons. The van der Waals surface area contributed by atoms with Gasteiger partial charge in [0.2, 0.25) is 0 Å². The first-order valence-electron chi connectivity index (χ1n) is 9.50. The number of hydrogen-bond acceptors (Lipinski definition) is 3. The highest BCUT2D eigenvalue weighted by Gasteiger charge is 2.63. The van der Waals surface area contributed by atoms with Gasteiger partial charge in [-0.05, 0) is 69.6 Å². The highest BCUT2D eigenvalue weighted by molar-refractivity contribution is 5.82. The number of carbonyl (C=O) groups is 1. The molecule has 3 nitrogen and oxygen atoms in total. The van der Waals surface area contributed by atoms with Gasteiger partial charge in [-0.25, -0.2) is 0 Å². The average molecular weight is 318 g/mol. The Morgan fingerprint density at radius 3 is 2.65 bits per heavy atom. The fourth-order valence-corrected chi connectivity index (χ4v) is 6.79. The van der Waals surface area contributed by atoms with Gasteiger partial charge in [-0.1, -0.05) is 18.1 Å². The van der Waals surface area contributed by atoms with E-state index in [1.165, 1.54) is 12.0 Å². The van der Waals surface area contributed by atoms with Crippen molar-refractivity contribution in [2.24, 2.45) is 23.2 Å². The zero-order valence-electron chi connectivity index (χ0n) is 14.5. The molecule has 0 heterocycles. The minimum absolute atomic E-state index is 0.148. The van der Waals surface area contributed by atoms with E-state index in [0.717, 1.165) is 44.9 Å². The fourth-order valence-electron chi connectivity index (χ4n) is 6.79. The maximum absolute atomic E-state index is 11.8. The van der Waals surface area contributed by atoms with Gasteiger partial charge in [0.05, 0.1) is 11.7 Å². The summed E-state index contributed by atoms with van der Waals surface area (Å²) >= 11 is 0. The van der Waals surface area contributed by atoms with E-state index in [9.17, 15) is 15.0 Å². The second-order valence-corrected chi connectivity index (χ2v) is 8.85. The van der Waals surface area contributed by atoms with Gasteiger partial charge in [-0.15, -0.1) is 0 Å². The predicted molar refractivity (Wildman–Crippen MR) is 88.8 cm³/mol. The lowest BCUT2D eigenvalue weighted by Crippen LogP contribution is -2.56. The van der Waals surface area contributed by atoms with Gasteiger partial charge in [-0.3, -0.25) is 4.79 Å². The Bertz CT molecular complexity index is 563. The fraction of sp³-hybridized carbons (Fsp3) is 0.850. The van der Waals surface area contributed by atoms with Crippen LogP contribution in [0.5, 0.6) is 0 Å². The van der Waals surface area contributed by atoms with E-state index in [1.807, 2.05) is 0 Å². The van der Waals surface area contributed by atoms with Crippen LogP contribution in [0.4, 0.5) is 0 Å². The van der Waals surface area contributed by atoms with Gasteiger partial charge in [0.25, 0.3) is 0 Å². The molecule has 3 heteroatoms. The van der Waals surface area contributed by atoms with Gasteiger partial charge in [0.1, 0.15) is 5.78 Å². The molecule has 4 rings (SSSR count). The Morgan fingerprint density at radius 1 is 1.13 bits per heavy atom. The van der Waals surface area contributed by atoms with Crippen LogP contribution in [0, 0.1) is 23.2 Å². The average Bonchev–Trinajstić information content (AvgIpc) is 2.80. The van der Waals surface area contributed by atoms with Gasteiger partial charge in [0, 0.05) is 18.3 Å². The van der Waals surface area contributed by atoms with Crippen molar-refractivity contribution in [3.05, 3.63) is 11.1 Å². The smallest absolute Gasteiger partial charge is 0.137 e. The Morgan fingerprint density at radius 2 is 1.91 bits per heavy atom. The van der Waals surface area contributed by atoms with Crippen LogP contribution in [-0.2, 0) is 4.79 Å². The molecule has 0 aromatic rings. The molecule has 0 unspecified atom stereocenters. The summed E-state index contributed by atoms with van der Waals surface area (Å²) < 4.78 is 0. The molecule has 4 aliphatic carbocycles. The lowest BCUT2D eigenvalue weighted by Gasteiger charge is -2.54. The largest absolute Gasteiger partial charge is 0.390 e. The standard InChI is InChI=1S/C20H30O3/c1-12(21)20(23)10-8-18-17-5-3-13-11-14(22)4-6-15(13)16(17)7-9-19(18,20)2/h12,16-18,21,23H,3-11H2,1-2H3/t12-,16+,17+,18-,19-,20-/m0/s1. The highest BCUT2D eigenvalue weighted by Crippen LogP contribution is 2.64. The van der Waals surface area contributed by atoms with E-state index in [2.05, 4.69) is 6.92 Å².